The molecule has 0 amide bonds. The number of unbranched alkanes of at least 4 members (excludes halogenated alkanes) is 20. The molecule has 0 aliphatic rings. The molecule has 0 aromatic rings. The Hall–Kier alpha value is -3.07. The smallest absolute Gasteiger partial charge is 0.462 e. The maximum Gasteiger partial charge on any atom is 0.472 e. The fraction of sp³-hybridized carbons (Fsp3) is 0.700. The van der Waals surface area contributed by atoms with Crippen molar-refractivity contribution >= 4 is 19.8 Å². The van der Waals surface area contributed by atoms with Gasteiger partial charge < -0.3 is 18.9 Å². The molecule has 0 saturated carbocycles. The van der Waals surface area contributed by atoms with Gasteiger partial charge in [0, 0.05) is 12.8 Å². The molecule has 0 heterocycles. The lowest BCUT2D eigenvalue weighted by Crippen LogP contribution is -2.37. The summed E-state index contributed by atoms with van der Waals surface area (Å²) in [7, 11) is 1.46. The van der Waals surface area contributed by atoms with Crippen molar-refractivity contribution in [3.05, 3.63) is 97.2 Å². The predicted octanol–water partition coefficient (Wildman–Crippen LogP) is 17.3. The van der Waals surface area contributed by atoms with Gasteiger partial charge in [-0.05, 0) is 89.9 Å². The summed E-state index contributed by atoms with van der Waals surface area (Å²) in [5.41, 5.74) is 0. The molecule has 0 saturated heterocycles. The first-order chi connectivity index (χ1) is 34.0. The van der Waals surface area contributed by atoms with E-state index in [1.807, 2.05) is 21.1 Å². The van der Waals surface area contributed by atoms with Crippen LogP contribution in [0, 0.1) is 0 Å². The number of carbonyl (C=O) groups excluding carboxylic acids is 2. The summed E-state index contributed by atoms with van der Waals surface area (Å²) >= 11 is 0. The van der Waals surface area contributed by atoms with Crippen molar-refractivity contribution in [3.63, 3.8) is 0 Å². The van der Waals surface area contributed by atoms with Gasteiger partial charge in [0.2, 0.25) is 0 Å². The first-order valence-electron chi connectivity index (χ1n) is 28.0. The zero-order valence-corrected chi connectivity index (χ0v) is 46.4. The molecule has 402 valence electrons. The topological polar surface area (TPSA) is 108 Å². The van der Waals surface area contributed by atoms with Crippen LogP contribution in [0.2, 0.25) is 0 Å². The SMILES string of the molecule is CC/C=C\C/C=C\C/C=C\C/C=C\CCCCCCCCCCCCCCC(=O)OC(COC(=O)CCCCCCCCCC/C=C\C/C=C\C/C=C\C/C=C\CC)COP(=O)(O)OCC[N+](C)(C)C. The molecule has 1 N–H and O–H groups in total. The third-order valence-corrected chi connectivity index (χ3v) is 12.6. The van der Waals surface area contributed by atoms with E-state index in [1.165, 1.54) is 83.5 Å². The van der Waals surface area contributed by atoms with E-state index in [-0.39, 0.29) is 32.0 Å². The highest BCUT2D eigenvalue weighted by Gasteiger charge is 2.27. The minimum absolute atomic E-state index is 0.0254. The van der Waals surface area contributed by atoms with Crippen molar-refractivity contribution in [1.29, 1.82) is 0 Å². The fourth-order valence-corrected chi connectivity index (χ4v) is 8.09. The van der Waals surface area contributed by atoms with Crippen LogP contribution in [0.4, 0.5) is 0 Å². The fourth-order valence-electron chi connectivity index (χ4n) is 7.35. The number of quaternary nitrogens is 1. The van der Waals surface area contributed by atoms with E-state index in [0.717, 1.165) is 103 Å². The summed E-state index contributed by atoms with van der Waals surface area (Å²) in [6.07, 6.45) is 68.9. The third-order valence-electron chi connectivity index (χ3n) is 11.6. The number of phosphoric ester groups is 1. The third kappa shape index (κ3) is 54.3. The molecule has 0 aliphatic heterocycles. The molecule has 0 radical (unpaired) electrons. The molecule has 0 rings (SSSR count). The van der Waals surface area contributed by atoms with Gasteiger partial charge in [-0.3, -0.25) is 18.6 Å². The summed E-state index contributed by atoms with van der Waals surface area (Å²) < 4.78 is 34.5. The van der Waals surface area contributed by atoms with Crippen LogP contribution in [0.5, 0.6) is 0 Å². The van der Waals surface area contributed by atoms with E-state index in [2.05, 4.69) is 111 Å². The van der Waals surface area contributed by atoms with Gasteiger partial charge in [-0.15, -0.1) is 0 Å². The van der Waals surface area contributed by atoms with Gasteiger partial charge in [-0.1, -0.05) is 214 Å². The molecule has 0 spiro atoms. The Balaban J connectivity index is 4.22. The number of hydrogen-bond acceptors (Lipinski definition) is 7. The van der Waals surface area contributed by atoms with Gasteiger partial charge in [0.05, 0.1) is 27.7 Å². The van der Waals surface area contributed by atoms with Crippen molar-refractivity contribution in [1.82, 2.24) is 0 Å². The second-order valence-corrected chi connectivity index (χ2v) is 21.0. The van der Waals surface area contributed by atoms with E-state index in [4.69, 9.17) is 18.5 Å². The van der Waals surface area contributed by atoms with E-state index in [9.17, 15) is 19.0 Å². The van der Waals surface area contributed by atoms with Gasteiger partial charge >= 0.3 is 19.8 Å². The standard InChI is InChI=1S/C60H104NO8P/c1-6-8-10-12-14-16-18-20-22-24-26-28-29-30-31-33-35-37-39-41-43-45-47-49-51-53-60(63)69-58(57-68-70(64,65)67-55-54-61(3,4)5)56-66-59(62)52-50-48-46-44-42-40-38-36-34-32-27-25-23-21-19-17-15-13-11-9-7-2/h8-11,14-17,20-23,26-28,32,58H,6-7,12-13,18-19,24-25,29-31,33-57H2,1-5H3/p+1/b10-8-,11-9-,16-14-,17-15-,22-20-,23-21-,28-26-,32-27-. The molecular formula is C60H105NO8P+. The Morgan fingerprint density at radius 3 is 1.14 bits per heavy atom. The van der Waals surface area contributed by atoms with E-state index in [0.29, 0.717) is 17.4 Å². The highest BCUT2D eigenvalue weighted by molar-refractivity contribution is 7.47. The lowest BCUT2D eigenvalue weighted by atomic mass is 10.0. The molecule has 0 aliphatic carbocycles. The average molecular weight is 999 g/mol. The number of nitrogens with zero attached hydrogens (tertiary/aromatic N) is 1. The van der Waals surface area contributed by atoms with E-state index < -0.39 is 26.5 Å². The highest BCUT2D eigenvalue weighted by Crippen LogP contribution is 2.43. The molecule has 9 nitrogen and oxygen atoms in total. The van der Waals surface area contributed by atoms with Crippen molar-refractivity contribution < 1.29 is 42.1 Å². The molecule has 0 fully saturated rings. The van der Waals surface area contributed by atoms with Gasteiger partial charge in [0.1, 0.15) is 19.8 Å². The Morgan fingerprint density at radius 1 is 0.443 bits per heavy atom. The van der Waals surface area contributed by atoms with E-state index in [1.54, 1.807) is 0 Å². The average Bonchev–Trinajstić information content (AvgIpc) is 3.32. The van der Waals surface area contributed by atoms with Crippen LogP contribution < -0.4 is 0 Å². The molecular weight excluding hydrogens is 894 g/mol. The zero-order valence-electron chi connectivity index (χ0n) is 45.5. The summed E-state index contributed by atoms with van der Waals surface area (Å²) in [6.45, 7) is 4.20. The molecule has 10 heteroatoms. The van der Waals surface area contributed by atoms with Crippen molar-refractivity contribution in [2.24, 2.45) is 0 Å². The predicted molar refractivity (Wildman–Crippen MR) is 298 cm³/mol. The minimum Gasteiger partial charge on any atom is -0.462 e. The van der Waals surface area contributed by atoms with E-state index >= 15 is 0 Å². The zero-order chi connectivity index (χ0) is 51.3. The van der Waals surface area contributed by atoms with Gasteiger partial charge in [-0.25, -0.2) is 4.57 Å². The Bertz CT molecular complexity index is 1500. The normalized spacial score (nSPS) is 14.1. The summed E-state index contributed by atoms with van der Waals surface area (Å²) in [5.74, 6) is -0.812. The number of allylic oxidation sites excluding steroid dienone is 16. The number of rotatable bonds is 50. The minimum atomic E-state index is -4.39. The Labute approximate surface area is 430 Å². The quantitative estimate of drug-likeness (QED) is 0.0211. The van der Waals surface area contributed by atoms with Crippen LogP contribution in [0.15, 0.2) is 97.2 Å². The lowest BCUT2D eigenvalue weighted by molar-refractivity contribution is -0.870. The number of phosphoric acid groups is 1. The van der Waals surface area contributed by atoms with Crippen molar-refractivity contribution in [2.75, 3.05) is 47.5 Å². The first-order valence-corrected chi connectivity index (χ1v) is 29.5. The second-order valence-electron chi connectivity index (χ2n) is 19.6. The molecule has 70 heavy (non-hydrogen) atoms. The van der Waals surface area contributed by atoms with Crippen molar-refractivity contribution in [2.45, 2.75) is 225 Å². The summed E-state index contributed by atoms with van der Waals surface area (Å²) in [5, 5.41) is 0. The molecule has 0 aromatic carbocycles. The number of esters is 2. The lowest BCUT2D eigenvalue weighted by Gasteiger charge is -2.24. The second kappa shape index (κ2) is 50.9. The summed E-state index contributed by atoms with van der Waals surface area (Å²) in [6, 6.07) is 0. The monoisotopic (exact) mass is 999 g/mol. The van der Waals surface area contributed by atoms with Crippen LogP contribution in [0.3, 0.4) is 0 Å². The van der Waals surface area contributed by atoms with Crippen molar-refractivity contribution in [3.8, 4) is 0 Å². The molecule has 0 bridgehead atoms. The van der Waals surface area contributed by atoms with Gasteiger partial charge in [0.25, 0.3) is 0 Å². The van der Waals surface area contributed by atoms with Crippen LogP contribution in [0.1, 0.15) is 219 Å². The Kier molecular flexibility index (Phi) is 48.6. The van der Waals surface area contributed by atoms with Crippen LogP contribution in [-0.4, -0.2) is 74.9 Å². The number of likely N-dealkylation sites (N-methyl/N-ethyl adjacent to an activating group) is 1. The largest absolute Gasteiger partial charge is 0.472 e. The van der Waals surface area contributed by atoms with Crippen LogP contribution in [-0.2, 0) is 32.7 Å². The van der Waals surface area contributed by atoms with Crippen LogP contribution >= 0.6 is 7.82 Å². The first kappa shape index (κ1) is 66.9. The number of ether oxygens (including phenoxy) is 2. The van der Waals surface area contributed by atoms with Gasteiger partial charge in [-0.2, -0.15) is 0 Å². The Morgan fingerprint density at radius 2 is 0.771 bits per heavy atom. The highest BCUT2D eigenvalue weighted by atomic mass is 31.2. The number of carbonyl (C=O) groups is 2. The maximum absolute atomic E-state index is 12.8. The molecule has 2 atom stereocenters. The number of hydrogen-bond donors (Lipinski definition) is 1. The maximum atomic E-state index is 12.8. The van der Waals surface area contributed by atoms with Gasteiger partial charge in [0.15, 0.2) is 6.10 Å². The molecule has 0 aromatic heterocycles. The molecule has 2 unspecified atom stereocenters. The van der Waals surface area contributed by atoms with Crippen LogP contribution in [0.25, 0.3) is 0 Å². The summed E-state index contributed by atoms with van der Waals surface area (Å²) in [4.78, 5) is 35.7.